The van der Waals surface area contributed by atoms with Crippen LogP contribution in [0.3, 0.4) is 0 Å². The first kappa shape index (κ1) is 14.5. The Kier molecular flexibility index (Phi) is 4.34. The molecule has 0 bridgehead atoms. The van der Waals surface area contributed by atoms with Crippen molar-refractivity contribution in [1.82, 2.24) is 9.97 Å². The summed E-state index contributed by atoms with van der Waals surface area (Å²) in [6, 6.07) is 8.23. The minimum absolute atomic E-state index is 1.23. The molecule has 0 radical (unpaired) electrons. The summed E-state index contributed by atoms with van der Waals surface area (Å²) in [6.07, 6.45) is 7.37. The Morgan fingerprint density at radius 3 is 1.41 bits per heavy atom. The van der Waals surface area contributed by atoms with Crippen LogP contribution in [0.15, 0.2) is 68.3 Å². The van der Waals surface area contributed by atoms with Crippen molar-refractivity contribution in [3.63, 3.8) is 0 Å². The molecule has 22 heavy (non-hydrogen) atoms. The van der Waals surface area contributed by atoms with Gasteiger partial charge < -0.3 is 0 Å². The van der Waals surface area contributed by atoms with Gasteiger partial charge in [-0.2, -0.15) is 0 Å². The van der Waals surface area contributed by atoms with Crippen molar-refractivity contribution in [2.75, 3.05) is 0 Å². The molecule has 2 aliphatic heterocycles. The highest BCUT2D eigenvalue weighted by Crippen LogP contribution is 2.58. The first-order valence-corrected chi connectivity index (χ1v) is 9.94. The summed E-state index contributed by atoms with van der Waals surface area (Å²) in [6.45, 7) is 0. The maximum absolute atomic E-state index is 4.08. The Morgan fingerprint density at radius 1 is 0.591 bits per heavy atom. The fraction of sp³-hybridized carbons (Fsp3) is 0. The summed E-state index contributed by atoms with van der Waals surface area (Å²) in [5.41, 5.74) is 2.47. The van der Waals surface area contributed by atoms with E-state index in [-0.39, 0.29) is 0 Å². The topological polar surface area (TPSA) is 25.8 Å². The van der Waals surface area contributed by atoms with E-state index in [0.29, 0.717) is 0 Å². The first-order valence-electron chi connectivity index (χ1n) is 6.54. The highest BCUT2D eigenvalue weighted by atomic mass is 32.2. The van der Waals surface area contributed by atoms with E-state index in [9.17, 15) is 0 Å². The quantitative estimate of drug-likeness (QED) is 0.667. The number of nitrogens with zero attached hydrogens (tertiary/aromatic N) is 2. The van der Waals surface area contributed by atoms with Crippen molar-refractivity contribution < 1.29 is 0 Å². The van der Waals surface area contributed by atoms with Gasteiger partial charge in [0.1, 0.15) is 0 Å². The molecule has 0 atom stereocenters. The number of hydrogen-bond acceptors (Lipinski definition) is 6. The second kappa shape index (κ2) is 6.58. The molecule has 0 unspecified atom stereocenters. The van der Waals surface area contributed by atoms with Gasteiger partial charge in [-0.05, 0) is 46.2 Å². The molecule has 0 fully saturated rings. The van der Waals surface area contributed by atoms with Crippen molar-refractivity contribution in [3.05, 3.63) is 79.5 Å². The Hall–Kier alpha value is -1.08. The van der Waals surface area contributed by atoms with Crippen molar-refractivity contribution in [2.45, 2.75) is 0 Å². The summed E-state index contributed by atoms with van der Waals surface area (Å²) in [5.74, 6) is 0. The highest BCUT2D eigenvalue weighted by Gasteiger charge is 2.23. The number of aromatic nitrogens is 2. The molecule has 108 valence electrons. The predicted molar refractivity (Wildman–Crippen MR) is 102 cm³/mol. The molecular formula is C16H10N2S4. The van der Waals surface area contributed by atoms with E-state index in [4.69, 9.17) is 0 Å². The van der Waals surface area contributed by atoms with Crippen molar-refractivity contribution in [2.24, 2.45) is 0 Å². The van der Waals surface area contributed by atoms with Crippen LogP contribution in [-0.4, -0.2) is 9.97 Å². The molecule has 4 rings (SSSR count). The molecule has 0 saturated carbocycles. The van der Waals surface area contributed by atoms with Crippen molar-refractivity contribution >= 4 is 56.9 Å². The monoisotopic (exact) mass is 358 g/mol. The Bertz CT molecular complexity index is 715. The first-order chi connectivity index (χ1) is 10.9. The lowest BCUT2D eigenvalue weighted by Gasteiger charge is -2.04. The molecule has 0 amide bonds. The van der Waals surface area contributed by atoms with Gasteiger partial charge in [0.05, 0.1) is 8.47 Å². The maximum atomic E-state index is 4.08. The van der Waals surface area contributed by atoms with Crippen LogP contribution < -0.4 is 0 Å². The summed E-state index contributed by atoms with van der Waals surface area (Å²) >= 11 is 7.32. The zero-order valence-electron chi connectivity index (χ0n) is 11.3. The molecular weight excluding hydrogens is 348 g/mol. The van der Waals surface area contributed by atoms with Crippen LogP contribution in [0.2, 0.25) is 0 Å². The van der Waals surface area contributed by atoms with Crippen LogP contribution in [0, 0.1) is 0 Å². The molecule has 0 saturated heterocycles. The molecule has 4 heterocycles. The second-order valence-corrected chi connectivity index (χ2v) is 8.83. The van der Waals surface area contributed by atoms with Gasteiger partial charge in [-0.15, -0.1) is 0 Å². The lowest BCUT2D eigenvalue weighted by Crippen LogP contribution is -1.78. The van der Waals surface area contributed by atoms with Crippen LogP contribution in [0.1, 0.15) is 11.1 Å². The number of rotatable bonds is 2. The van der Waals surface area contributed by atoms with Crippen LogP contribution in [-0.2, 0) is 0 Å². The molecule has 0 aromatic carbocycles. The summed E-state index contributed by atoms with van der Waals surface area (Å²) in [7, 11) is 0. The molecule has 0 N–H and O–H groups in total. The van der Waals surface area contributed by atoms with Gasteiger partial charge in [-0.25, -0.2) is 0 Å². The average Bonchev–Trinajstić information content (AvgIpc) is 3.26. The number of hydrogen-bond donors (Lipinski definition) is 0. The fourth-order valence-electron chi connectivity index (χ4n) is 1.98. The predicted octanol–water partition coefficient (Wildman–Crippen LogP) is 5.86. The van der Waals surface area contributed by atoms with E-state index in [1.54, 1.807) is 0 Å². The summed E-state index contributed by atoms with van der Waals surface area (Å²) in [4.78, 5) is 10.8. The third-order valence-corrected chi connectivity index (χ3v) is 8.41. The van der Waals surface area contributed by atoms with Gasteiger partial charge >= 0.3 is 0 Å². The van der Waals surface area contributed by atoms with Gasteiger partial charge in [-0.1, -0.05) is 47.0 Å². The third-order valence-electron chi connectivity index (χ3n) is 3.05. The van der Waals surface area contributed by atoms with E-state index in [2.05, 4.69) is 45.0 Å². The Balaban J connectivity index is 1.50. The number of pyridine rings is 2. The van der Waals surface area contributed by atoms with Gasteiger partial charge in [0.25, 0.3) is 0 Å². The molecule has 2 nitrogen and oxygen atoms in total. The fourth-order valence-corrected chi connectivity index (χ4v) is 6.91. The number of thioether (sulfide) groups is 4. The third kappa shape index (κ3) is 3.01. The molecule has 0 spiro atoms. The average molecular weight is 359 g/mol. The summed E-state index contributed by atoms with van der Waals surface area (Å²) < 4.78 is 2.73. The zero-order valence-corrected chi connectivity index (χ0v) is 14.6. The molecule has 0 aliphatic carbocycles. The summed E-state index contributed by atoms with van der Waals surface area (Å²) in [5, 5.41) is 4.46. The van der Waals surface area contributed by atoms with Gasteiger partial charge in [0.2, 0.25) is 0 Å². The largest absolute Gasteiger partial charge is 0.265 e. The second-order valence-electron chi connectivity index (χ2n) is 4.45. The Labute approximate surface area is 146 Å². The highest BCUT2D eigenvalue weighted by molar-refractivity contribution is 8.36. The molecule has 6 heteroatoms. The molecule has 2 aliphatic rings. The van der Waals surface area contributed by atoms with Crippen LogP contribution in [0.4, 0.5) is 0 Å². The van der Waals surface area contributed by atoms with Crippen LogP contribution >= 0.6 is 47.0 Å². The Morgan fingerprint density at radius 2 is 1.00 bits per heavy atom. The smallest absolute Gasteiger partial charge is 0.0700 e. The van der Waals surface area contributed by atoms with E-state index < -0.39 is 0 Å². The normalized spacial score (nSPS) is 20.9. The molecule has 2 aromatic heterocycles. The van der Waals surface area contributed by atoms with Crippen LogP contribution in [0.5, 0.6) is 0 Å². The maximum Gasteiger partial charge on any atom is 0.0700 e. The lowest BCUT2D eigenvalue weighted by atomic mass is 10.3. The minimum atomic E-state index is 1.23. The standard InChI is InChI=1S/C16H10N2S4/c1-5-17-6-2-11(1)13-9-19-15(21-13)16-20-10-14(22-16)12-3-7-18-8-4-12/h1-10H/b16-15-. The zero-order chi connectivity index (χ0) is 14.8. The van der Waals surface area contributed by atoms with E-state index in [1.807, 2.05) is 71.8 Å². The van der Waals surface area contributed by atoms with Crippen LogP contribution in [0.25, 0.3) is 9.81 Å². The van der Waals surface area contributed by atoms with E-state index >= 15 is 0 Å². The molecule has 2 aromatic rings. The lowest BCUT2D eigenvalue weighted by molar-refractivity contribution is 1.32. The van der Waals surface area contributed by atoms with Gasteiger partial charge in [0.15, 0.2) is 0 Å². The van der Waals surface area contributed by atoms with E-state index in [1.165, 1.54) is 29.4 Å². The SMILES string of the molecule is C1=C(c2ccncc2)S/C(=C2/SC=C(c3ccncc3)S2)S1. The minimum Gasteiger partial charge on any atom is -0.265 e. The van der Waals surface area contributed by atoms with Crippen molar-refractivity contribution in [3.8, 4) is 0 Å². The van der Waals surface area contributed by atoms with Gasteiger partial charge in [-0.3, -0.25) is 9.97 Å². The van der Waals surface area contributed by atoms with Crippen molar-refractivity contribution in [1.29, 1.82) is 0 Å². The van der Waals surface area contributed by atoms with Gasteiger partial charge in [0, 0.05) is 34.6 Å². The van der Waals surface area contributed by atoms with E-state index in [0.717, 1.165) is 0 Å².